The van der Waals surface area contributed by atoms with Gasteiger partial charge in [-0.2, -0.15) is 0 Å². The third-order valence-corrected chi connectivity index (χ3v) is 4.91. The van der Waals surface area contributed by atoms with Crippen LogP contribution in [-0.4, -0.2) is 21.0 Å². The van der Waals surface area contributed by atoms with Gasteiger partial charge in [0.15, 0.2) is 0 Å². The van der Waals surface area contributed by atoms with E-state index in [2.05, 4.69) is 10.0 Å². The molecule has 0 aliphatic heterocycles. The molecule has 1 rings (SSSR count). The van der Waals surface area contributed by atoms with Gasteiger partial charge in [-0.25, -0.2) is 13.1 Å². The van der Waals surface area contributed by atoms with Crippen molar-refractivity contribution in [3.05, 3.63) is 17.6 Å². The zero-order valence-electron chi connectivity index (χ0n) is 13.0. The average molecular weight is 302 g/mol. The molecular weight excluding hydrogens is 276 g/mol. The Hall–Kier alpha value is -0.850. The first-order valence-corrected chi connectivity index (χ1v) is 8.62. The van der Waals surface area contributed by atoms with E-state index in [1.54, 1.807) is 13.0 Å². The molecular formula is C14H26N2O3S. The number of nitrogens with one attached hydrogen (secondary N) is 2. The van der Waals surface area contributed by atoms with E-state index in [9.17, 15) is 8.42 Å². The van der Waals surface area contributed by atoms with E-state index >= 15 is 0 Å². The minimum absolute atomic E-state index is 0.0634. The first-order chi connectivity index (χ1) is 9.31. The average Bonchev–Trinajstić information content (AvgIpc) is 2.75. The molecule has 1 heterocycles. The summed E-state index contributed by atoms with van der Waals surface area (Å²) in [7, 11) is -3.52. The molecule has 0 aliphatic rings. The lowest BCUT2D eigenvalue weighted by Crippen LogP contribution is -2.38. The lowest BCUT2D eigenvalue weighted by Gasteiger charge is -2.20. The molecule has 0 radical (unpaired) electrons. The van der Waals surface area contributed by atoms with Gasteiger partial charge >= 0.3 is 0 Å². The van der Waals surface area contributed by atoms with Gasteiger partial charge < -0.3 is 9.73 Å². The zero-order chi connectivity index (χ0) is 15.3. The Morgan fingerprint density at radius 3 is 2.45 bits per heavy atom. The molecule has 0 fully saturated rings. The van der Waals surface area contributed by atoms with E-state index in [1.165, 1.54) is 0 Å². The Kier molecular flexibility index (Phi) is 6.23. The Morgan fingerprint density at radius 2 is 1.95 bits per heavy atom. The Labute approximate surface area is 122 Å². The molecule has 2 N–H and O–H groups in total. The summed E-state index contributed by atoms with van der Waals surface area (Å²) < 4.78 is 33.1. The fraction of sp³-hybridized carbons (Fsp3) is 0.714. The number of aryl methyl sites for hydroxylation is 1. The second kappa shape index (κ2) is 7.24. The molecule has 1 atom stereocenters. The summed E-state index contributed by atoms with van der Waals surface area (Å²) >= 11 is 0. The molecule has 20 heavy (non-hydrogen) atoms. The van der Waals surface area contributed by atoms with Crippen LogP contribution in [0.3, 0.4) is 0 Å². The second-order valence-electron chi connectivity index (χ2n) is 5.29. The summed E-state index contributed by atoms with van der Waals surface area (Å²) in [5, 5.41) is 3.12. The van der Waals surface area contributed by atoms with Crippen molar-refractivity contribution in [1.82, 2.24) is 10.0 Å². The highest BCUT2D eigenvalue weighted by molar-refractivity contribution is 7.89. The van der Waals surface area contributed by atoms with Gasteiger partial charge in [0.25, 0.3) is 0 Å². The van der Waals surface area contributed by atoms with Crippen LogP contribution < -0.4 is 10.0 Å². The standard InChI is InChI=1S/C14H26N2O3S/c1-6-13(10(3)4)16-20(17,18)14-8-12(9-15-7-2)19-11(14)5/h8,10,13,15-16H,6-7,9H2,1-5H3. The van der Waals surface area contributed by atoms with E-state index in [0.29, 0.717) is 18.1 Å². The smallest absolute Gasteiger partial charge is 0.244 e. The maximum atomic E-state index is 12.4. The lowest BCUT2D eigenvalue weighted by atomic mass is 10.0. The van der Waals surface area contributed by atoms with Crippen LogP contribution in [0.25, 0.3) is 0 Å². The van der Waals surface area contributed by atoms with Gasteiger partial charge in [0, 0.05) is 12.1 Å². The summed E-state index contributed by atoms with van der Waals surface area (Å²) in [6.07, 6.45) is 0.762. The van der Waals surface area contributed by atoms with Crippen molar-refractivity contribution in [1.29, 1.82) is 0 Å². The van der Waals surface area contributed by atoms with E-state index in [-0.39, 0.29) is 16.9 Å². The molecule has 0 amide bonds. The van der Waals surface area contributed by atoms with Crippen molar-refractivity contribution in [3.8, 4) is 0 Å². The number of hydrogen-bond donors (Lipinski definition) is 2. The van der Waals surface area contributed by atoms with Gasteiger partial charge in [0.05, 0.1) is 6.54 Å². The Bertz CT molecular complexity index is 521. The van der Waals surface area contributed by atoms with Crippen molar-refractivity contribution in [2.45, 2.75) is 58.5 Å². The third-order valence-electron chi connectivity index (χ3n) is 3.31. The molecule has 0 spiro atoms. The van der Waals surface area contributed by atoms with Crippen LogP contribution in [0.4, 0.5) is 0 Å². The second-order valence-corrected chi connectivity index (χ2v) is 6.98. The van der Waals surface area contributed by atoms with E-state index in [1.807, 2.05) is 27.7 Å². The first kappa shape index (κ1) is 17.2. The highest BCUT2D eigenvalue weighted by atomic mass is 32.2. The van der Waals surface area contributed by atoms with Crippen LogP contribution in [0.1, 0.15) is 45.6 Å². The van der Waals surface area contributed by atoms with Gasteiger partial charge in [-0.3, -0.25) is 0 Å². The largest absolute Gasteiger partial charge is 0.464 e. The van der Waals surface area contributed by atoms with E-state index in [0.717, 1.165) is 13.0 Å². The van der Waals surface area contributed by atoms with Crippen LogP contribution in [0.15, 0.2) is 15.4 Å². The number of sulfonamides is 1. The maximum Gasteiger partial charge on any atom is 0.244 e. The molecule has 0 saturated carbocycles. The van der Waals surface area contributed by atoms with Crippen LogP contribution in [0, 0.1) is 12.8 Å². The molecule has 116 valence electrons. The zero-order valence-corrected chi connectivity index (χ0v) is 13.8. The van der Waals surface area contributed by atoms with Crippen LogP contribution in [0.2, 0.25) is 0 Å². The molecule has 0 aliphatic carbocycles. The molecule has 5 nitrogen and oxygen atoms in total. The van der Waals surface area contributed by atoms with Gasteiger partial charge in [-0.05, 0) is 25.8 Å². The number of rotatable bonds is 8. The quantitative estimate of drug-likeness (QED) is 0.773. The van der Waals surface area contributed by atoms with Crippen molar-refractivity contribution in [2.75, 3.05) is 6.54 Å². The fourth-order valence-electron chi connectivity index (χ4n) is 2.08. The molecule has 0 saturated heterocycles. The van der Waals surface area contributed by atoms with Gasteiger partial charge in [-0.1, -0.05) is 27.7 Å². The lowest BCUT2D eigenvalue weighted by molar-refractivity contribution is 0.435. The molecule has 0 aromatic carbocycles. The maximum absolute atomic E-state index is 12.4. The summed E-state index contributed by atoms with van der Waals surface area (Å²) in [4.78, 5) is 0.240. The van der Waals surface area contributed by atoms with E-state index in [4.69, 9.17) is 4.42 Å². The van der Waals surface area contributed by atoms with Crippen LogP contribution in [-0.2, 0) is 16.6 Å². The summed E-state index contributed by atoms with van der Waals surface area (Å²) in [5.41, 5.74) is 0. The first-order valence-electron chi connectivity index (χ1n) is 7.14. The topological polar surface area (TPSA) is 71.3 Å². The summed E-state index contributed by atoms with van der Waals surface area (Å²) in [6.45, 7) is 11.0. The van der Waals surface area contributed by atoms with Crippen LogP contribution >= 0.6 is 0 Å². The van der Waals surface area contributed by atoms with Gasteiger partial charge in [-0.15, -0.1) is 0 Å². The summed E-state index contributed by atoms with van der Waals surface area (Å²) in [5.74, 6) is 1.33. The highest BCUT2D eigenvalue weighted by Crippen LogP contribution is 2.21. The van der Waals surface area contributed by atoms with Gasteiger partial charge in [0.1, 0.15) is 16.4 Å². The van der Waals surface area contributed by atoms with E-state index < -0.39 is 10.0 Å². The van der Waals surface area contributed by atoms with Gasteiger partial charge in [0.2, 0.25) is 10.0 Å². The normalized spacial score (nSPS) is 13.9. The fourth-order valence-corrected chi connectivity index (χ4v) is 3.75. The predicted molar refractivity (Wildman–Crippen MR) is 80.1 cm³/mol. The van der Waals surface area contributed by atoms with Crippen LogP contribution in [0.5, 0.6) is 0 Å². The third kappa shape index (κ3) is 4.33. The Balaban J connectivity index is 2.94. The monoisotopic (exact) mass is 302 g/mol. The SMILES string of the molecule is CCNCc1cc(S(=O)(=O)NC(CC)C(C)C)c(C)o1. The number of hydrogen-bond acceptors (Lipinski definition) is 4. The predicted octanol–water partition coefficient (Wildman–Crippen LogP) is 2.41. The number of furan rings is 1. The van der Waals surface area contributed by atoms with Crippen molar-refractivity contribution < 1.29 is 12.8 Å². The minimum Gasteiger partial charge on any atom is -0.464 e. The van der Waals surface area contributed by atoms with Crippen molar-refractivity contribution in [2.24, 2.45) is 5.92 Å². The molecule has 0 bridgehead atoms. The molecule has 1 unspecified atom stereocenters. The highest BCUT2D eigenvalue weighted by Gasteiger charge is 2.25. The van der Waals surface area contributed by atoms with Crippen molar-refractivity contribution in [3.63, 3.8) is 0 Å². The Morgan fingerprint density at radius 1 is 1.30 bits per heavy atom. The summed E-state index contributed by atoms with van der Waals surface area (Å²) in [6, 6.07) is 1.54. The van der Waals surface area contributed by atoms with Crippen molar-refractivity contribution >= 4 is 10.0 Å². The minimum atomic E-state index is -3.52. The molecule has 6 heteroatoms. The molecule has 1 aromatic heterocycles. The molecule has 1 aromatic rings.